The summed E-state index contributed by atoms with van der Waals surface area (Å²) in [5, 5.41) is 3.11. The van der Waals surface area contributed by atoms with Crippen molar-refractivity contribution in [2.24, 2.45) is 17.8 Å². The van der Waals surface area contributed by atoms with Crippen molar-refractivity contribution in [3.05, 3.63) is 29.3 Å². The first-order valence-corrected chi connectivity index (χ1v) is 10.4. The number of hydrogen-bond donors (Lipinski definition) is 1. The summed E-state index contributed by atoms with van der Waals surface area (Å²) in [5.41, 5.74) is 1.42. The van der Waals surface area contributed by atoms with E-state index in [4.69, 9.17) is 9.47 Å². The molecule has 0 unspecified atom stereocenters. The van der Waals surface area contributed by atoms with Gasteiger partial charge in [-0.1, -0.05) is 11.6 Å². The quantitative estimate of drug-likeness (QED) is 0.845. The van der Waals surface area contributed by atoms with Gasteiger partial charge in [0.2, 0.25) is 5.91 Å². The third-order valence-electron chi connectivity index (χ3n) is 7.12. The molecule has 0 radical (unpaired) electrons. The summed E-state index contributed by atoms with van der Waals surface area (Å²) in [6.45, 7) is 4.06. The maximum atomic E-state index is 12.8. The molecule has 1 saturated carbocycles. The molecule has 4 aliphatic rings. The lowest BCUT2D eigenvalue weighted by Crippen LogP contribution is -2.42. The summed E-state index contributed by atoms with van der Waals surface area (Å²) < 4.78 is 11.8. The van der Waals surface area contributed by atoms with Gasteiger partial charge in [-0.05, 0) is 44.7 Å². The monoisotopic (exact) mass is 384 g/mol. The largest absolute Gasteiger partial charge is 0.496 e. The van der Waals surface area contributed by atoms with Crippen molar-refractivity contribution >= 4 is 11.8 Å². The Hall–Kier alpha value is -2.08. The van der Waals surface area contributed by atoms with E-state index in [2.05, 4.69) is 5.32 Å². The van der Waals surface area contributed by atoms with Gasteiger partial charge < -0.3 is 19.7 Å². The summed E-state index contributed by atoms with van der Waals surface area (Å²) in [4.78, 5) is 27.4. The van der Waals surface area contributed by atoms with Crippen molar-refractivity contribution in [1.82, 2.24) is 10.2 Å². The molecule has 150 valence electrons. The van der Waals surface area contributed by atoms with Crippen LogP contribution in [-0.2, 0) is 9.53 Å². The van der Waals surface area contributed by atoms with E-state index in [-0.39, 0.29) is 29.4 Å². The van der Waals surface area contributed by atoms with Crippen molar-refractivity contribution in [1.29, 1.82) is 0 Å². The van der Waals surface area contributed by atoms with E-state index < -0.39 is 0 Å². The number of aryl methyl sites for hydroxylation is 1. The Morgan fingerprint density at radius 2 is 2.14 bits per heavy atom. The molecule has 3 heterocycles. The predicted molar refractivity (Wildman–Crippen MR) is 103 cm³/mol. The average molecular weight is 384 g/mol. The van der Waals surface area contributed by atoms with Gasteiger partial charge in [0.05, 0.1) is 30.9 Å². The second kappa shape index (κ2) is 6.48. The SMILES string of the molecule is COc1ccc(C)cc1C(=O)NC[C@H]1[C@H]2CN(C(=O)C3CC3)C[C@]23CC[C@H]1O3. The number of fused-ring (bicyclic) bond motifs is 1. The summed E-state index contributed by atoms with van der Waals surface area (Å²) in [6, 6.07) is 5.63. The molecule has 28 heavy (non-hydrogen) atoms. The minimum absolute atomic E-state index is 0.110. The Kier molecular flexibility index (Phi) is 4.16. The number of nitrogens with zero attached hydrogens (tertiary/aromatic N) is 1. The average Bonchev–Trinajstić information content (AvgIpc) is 3.27. The van der Waals surface area contributed by atoms with Gasteiger partial charge in [0.1, 0.15) is 5.75 Å². The van der Waals surface area contributed by atoms with Crippen LogP contribution < -0.4 is 10.1 Å². The molecule has 6 nitrogen and oxygen atoms in total. The van der Waals surface area contributed by atoms with Gasteiger partial charge in [-0.2, -0.15) is 0 Å². The highest BCUT2D eigenvalue weighted by Crippen LogP contribution is 2.55. The number of benzene rings is 1. The number of hydrogen-bond acceptors (Lipinski definition) is 4. The standard InChI is InChI=1S/C22H28N2O4/c1-13-3-6-18(27-2)15(9-13)20(25)23-10-16-17-11-24(21(26)14-4-5-14)12-22(17)8-7-19(16)28-22/h3,6,9,14,16-17,19H,4-5,7-8,10-12H2,1-2H3,(H,23,25)/t16-,17+,19+,22+/m0/s1. The van der Waals surface area contributed by atoms with Gasteiger partial charge in [-0.25, -0.2) is 0 Å². The fraction of sp³-hybridized carbons (Fsp3) is 0.636. The van der Waals surface area contributed by atoms with Crippen molar-refractivity contribution in [3.8, 4) is 5.75 Å². The van der Waals surface area contributed by atoms with Gasteiger partial charge in [-0.15, -0.1) is 0 Å². The van der Waals surface area contributed by atoms with Crippen LogP contribution >= 0.6 is 0 Å². The van der Waals surface area contributed by atoms with Crippen LogP contribution in [0.15, 0.2) is 18.2 Å². The Morgan fingerprint density at radius 3 is 2.89 bits per heavy atom. The number of amides is 2. The number of rotatable bonds is 5. The first-order valence-electron chi connectivity index (χ1n) is 10.4. The molecule has 1 spiro atoms. The van der Waals surface area contributed by atoms with E-state index in [1.54, 1.807) is 7.11 Å². The van der Waals surface area contributed by atoms with E-state index in [1.807, 2.05) is 30.0 Å². The minimum atomic E-state index is -0.175. The fourth-order valence-electron chi connectivity index (χ4n) is 5.52. The molecule has 1 aliphatic carbocycles. The maximum Gasteiger partial charge on any atom is 0.255 e. The molecule has 2 bridgehead atoms. The van der Waals surface area contributed by atoms with Crippen LogP contribution in [0.3, 0.4) is 0 Å². The fourth-order valence-corrected chi connectivity index (χ4v) is 5.52. The summed E-state index contributed by atoms with van der Waals surface area (Å²) >= 11 is 0. The van der Waals surface area contributed by atoms with Crippen molar-refractivity contribution in [2.45, 2.75) is 44.3 Å². The van der Waals surface area contributed by atoms with Crippen LogP contribution in [0.2, 0.25) is 0 Å². The van der Waals surface area contributed by atoms with E-state index in [1.165, 1.54) is 0 Å². The Bertz CT molecular complexity index is 821. The van der Waals surface area contributed by atoms with Gasteiger partial charge in [0.25, 0.3) is 5.91 Å². The third-order valence-corrected chi connectivity index (χ3v) is 7.12. The molecule has 2 amide bonds. The van der Waals surface area contributed by atoms with Gasteiger partial charge in [-0.3, -0.25) is 9.59 Å². The van der Waals surface area contributed by atoms with E-state index in [9.17, 15) is 9.59 Å². The summed E-state index contributed by atoms with van der Waals surface area (Å²) in [5.74, 6) is 1.63. The zero-order valence-electron chi connectivity index (χ0n) is 16.6. The number of nitrogens with one attached hydrogen (secondary N) is 1. The van der Waals surface area contributed by atoms with Crippen molar-refractivity contribution in [2.75, 3.05) is 26.7 Å². The molecule has 1 aromatic carbocycles. The minimum Gasteiger partial charge on any atom is -0.496 e. The van der Waals surface area contributed by atoms with Crippen molar-refractivity contribution < 1.29 is 19.1 Å². The summed E-state index contributed by atoms with van der Waals surface area (Å²) in [7, 11) is 1.58. The molecule has 3 saturated heterocycles. The van der Waals surface area contributed by atoms with Crippen LogP contribution in [-0.4, -0.2) is 55.2 Å². The smallest absolute Gasteiger partial charge is 0.255 e. The highest BCUT2D eigenvalue weighted by atomic mass is 16.5. The molecule has 4 fully saturated rings. The Morgan fingerprint density at radius 1 is 1.32 bits per heavy atom. The molecular formula is C22H28N2O4. The molecule has 1 aromatic rings. The highest BCUT2D eigenvalue weighted by Gasteiger charge is 2.63. The molecule has 0 aromatic heterocycles. The van der Waals surface area contributed by atoms with Gasteiger partial charge >= 0.3 is 0 Å². The maximum absolute atomic E-state index is 12.8. The molecule has 5 rings (SSSR count). The first kappa shape index (κ1) is 18.0. The van der Waals surface area contributed by atoms with Crippen LogP contribution in [0, 0.1) is 24.7 Å². The van der Waals surface area contributed by atoms with Crippen LogP contribution in [0.25, 0.3) is 0 Å². The summed E-state index contributed by atoms with van der Waals surface area (Å²) in [6.07, 6.45) is 4.33. The normalized spacial score (nSPS) is 33.1. The van der Waals surface area contributed by atoms with Gasteiger partial charge in [0.15, 0.2) is 0 Å². The molecule has 4 atom stereocenters. The van der Waals surface area contributed by atoms with Crippen LogP contribution in [0.4, 0.5) is 0 Å². The van der Waals surface area contributed by atoms with Crippen molar-refractivity contribution in [3.63, 3.8) is 0 Å². The number of methoxy groups -OCH3 is 1. The number of carbonyl (C=O) groups is 2. The molecular weight excluding hydrogens is 356 g/mol. The molecule has 6 heteroatoms. The van der Waals surface area contributed by atoms with Gasteiger partial charge in [0, 0.05) is 30.8 Å². The zero-order chi connectivity index (χ0) is 19.5. The van der Waals surface area contributed by atoms with E-state index in [0.717, 1.165) is 44.3 Å². The number of carbonyl (C=O) groups excluding carboxylic acids is 2. The third kappa shape index (κ3) is 2.81. The van der Waals surface area contributed by atoms with Crippen LogP contribution in [0.5, 0.6) is 5.75 Å². The van der Waals surface area contributed by atoms with E-state index >= 15 is 0 Å². The zero-order valence-corrected chi connectivity index (χ0v) is 16.6. The molecule has 3 aliphatic heterocycles. The first-order chi connectivity index (χ1) is 13.5. The predicted octanol–water partition coefficient (Wildman–Crippen LogP) is 2.15. The lowest BCUT2D eigenvalue weighted by molar-refractivity contribution is -0.133. The lowest BCUT2D eigenvalue weighted by atomic mass is 9.73. The lowest BCUT2D eigenvalue weighted by Gasteiger charge is -2.29. The second-order valence-electron chi connectivity index (χ2n) is 8.94. The Balaban J connectivity index is 1.28. The van der Waals surface area contributed by atoms with Crippen LogP contribution in [0.1, 0.15) is 41.6 Å². The van der Waals surface area contributed by atoms with E-state index in [0.29, 0.717) is 29.7 Å². The topological polar surface area (TPSA) is 67.9 Å². The number of likely N-dealkylation sites (tertiary alicyclic amines) is 1. The molecule has 1 N–H and O–H groups in total. The highest BCUT2D eigenvalue weighted by molar-refractivity contribution is 5.97. The Labute approximate surface area is 165 Å². The number of ether oxygens (including phenoxy) is 2. The second-order valence-corrected chi connectivity index (χ2v) is 8.94.